The summed E-state index contributed by atoms with van der Waals surface area (Å²) in [6.07, 6.45) is 1.92. The van der Waals surface area contributed by atoms with Crippen LogP contribution in [0.4, 0.5) is 0 Å². The summed E-state index contributed by atoms with van der Waals surface area (Å²) in [5.74, 6) is -3.65. The number of carbonyl (C=O) groups is 5. The van der Waals surface area contributed by atoms with Crippen molar-refractivity contribution in [3.63, 3.8) is 0 Å². The molecule has 1 aliphatic heterocycles. The maximum Gasteiger partial charge on any atom is 0.312 e. The van der Waals surface area contributed by atoms with E-state index in [2.05, 4.69) is 0 Å². The van der Waals surface area contributed by atoms with E-state index in [1.54, 1.807) is 13.8 Å². The predicted octanol–water partition coefficient (Wildman–Crippen LogP) is 3.82. The van der Waals surface area contributed by atoms with Crippen molar-refractivity contribution in [1.29, 1.82) is 0 Å². The number of ether oxygens (including phenoxy) is 4. The van der Waals surface area contributed by atoms with Crippen LogP contribution in [0.1, 0.15) is 94.6 Å². The molecule has 3 aliphatic rings. The third-order valence-corrected chi connectivity index (χ3v) is 7.42. The first-order chi connectivity index (χ1) is 16.3. The van der Waals surface area contributed by atoms with Crippen LogP contribution in [0, 0.1) is 11.3 Å². The number of Topliss-reactive ketones (excluding diaryl/α,β-unsaturated/α-hetero) is 1. The van der Waals surface area contributed by atoms with Gasteiger partial charge in [-0.25, -0.2) is 0 Å². The molecule has 9 nitrogen and oxygen atoms in total. The molecule has 1 saturated heterocycles. The zero-order valence-corrected chi connectivity index (χ0v) is 20.9. The van der Waals surface area contributed by atoms with Crippen LogP contribution >= 0.6 is 0 Å². The van der Waals surface area contributed by atoms with Gasteiger partial charge in [0, 0.05) is 50.7 Å². The molecule has 3 unspecified atom stereocenters. The third kappa shape index (κ3) is 3.90. The van der Waals surface area contributed by atoms with Crippen molar-refractivity contribution >= 4 is 29.7 Å². The van der Waals surface area contributed by atoms with E-state index in [0.717, 1.165) is 6.42 Å². The molecule has 0 amide bonds. The number of esters is 4. The topological polar surface area (TPSA) is 122 Å². The van der Waals surface area contributed by atoms with E-state index < -0.39 is 34.8 Å². The molecule has 188 valence electrons. The fourth-order valence-corrected chi connectivity index (χ4v) is 6.08. The van der Waals surface area contributed by atoms with Crippen LogP contribution in [0.2, 0.25) is 0 Å². The Labute approximate surface area is 203 Å². The minimum absolute atomic E-state index is 0.00740. The molecule has 0 N–H and O–H groups in total. The molecule has 2 bridgehead atoms. The van der Waals surface area contributed by atoms with Gasteiger partial charge in [-0.2, -0.15) is 0 Å². The summed E-state index contributed by atoms with van der Waals surface area (Å²) < 4.78 is 22.7. The monoisotopic (exact) mass is 486 g/mol. The molecule has 0 radical (unpaired) electrons. The minimum Gasteiger partial charge on any atom is -0.458 e. The number of rotatable bonds is 4. The largest absolute Gasteiger partial charge is 0.458 e. The molecule has 0 spiro atoms. The second-order valence-electron chi connectivity index (χ2n) is 10.3. The highest BCUT2D eigenvalue weighted by Gasteiger charge is 2.66. The maximum atomic E-state index is 13.9. The molecule has 4 rings (SSSR count). The van der Waals surface area contributed by atoms with Crippen LogP contribution in [0.3, 0.4) is 0 Å². The van der Waals surface area contributed by atoms with Crippen molar-refractivity contribution < 1.29 is 42.9 Å². The molecular formula is C26H30O9. The van der Waals surface area contributed by atoms with Crippen molar-refractivity contribution in [2.75, 3.05) is 0 Å². The summed E-state index contributed by atoms with van der Waals surface area (Å²) in [6.45, 7) is 9.00. The van der Waals surface area contributed by atoms with E-state index in [4.69, 9.17) is 18.9 Å². The van der Waals surface area contributed by atoms with E-state index in [-0.39, 0.29) is 64.5 Å². The van der Waals surface area contributed by atoms with E-state index >= 15 is 0 Å². The second kappa shape index (κ2) is 8.46. The van der Waals surface area contributed by atoms with Crippen molar-refractivity contribution in [2.24, 2.45) is 11.3 Å². The lowest BCUT2D eigenvalue weighted by Gasteiger charge is -2.40. The van der Waals surface area contributed by atoms with Crippen molar-refractivity contribution in [2.45, 2.75) is 85.2 Å². The summed E-state index contributed by atoms with van der Waals surface area (Å²) in [5, 5.41) is 0. The predicted molar refractivity (Wildman–Crippen MR) is 121 cm³/mol. The van der Waals surface area contributed by atoms with Gasteiger partial charge in [-0.1, -0.05) is 13.8 Å². The normalized spacial score (nSPS) is 26.9. The van der Waals surface area contributed by atoms with Gasteiger partial charge in [0.2, 0.25) is 0 Å². The lowest BCUT2D eigenvalue weighted by molar-refractivity contribution is -0.152. The van der Waals surface area contributed by atoms with Gasteiger partial charge in [0.1, 0.15) is 11.4 Å². The second-order valence-corrected chi connectivity index (χ2v) is 10.3. The summed E-state index contributed by atoms with van der Waals surface area (Å²) in [7, 11) is 0. The standard InChI is InChI=1S/C26H30O9/c1-12(2)19-22(33-14(4)28)20-16(21(32-13(3)27)23(19)34-15(5)29)11-26-9-7-8-25(6,24(31)35-26)18(26)10-17(20)30/h12,18H,7-11H2,1-6H3. The molecule has 9 heteroatoms. The number of ketones is 1. The quantitative estimate of drug-likeness (QED) is 0.462. The Kier molecular flexibility index (Phi) is 6.02. The molecule has 1 saturated carbocycles. The van der Waals surface area contributed by atoms with Gasteiger partial charge in [0.25, 0.3) is 0 Å². The summed E-state index contributed by atoms with van der Waals surface area (Å²) in [4.78, 5) is 63.2. The average molecular weight is 487 g/mol. The SMILES string of the molecule is CC(=O)Oc1c2c(c(OC(C)=O)c(C(C)C)c1OC(C)=O)C(=O)CC1C3(CCCC1(C)C(=O)O3)C2. The molecule has 2 fully saturated rings. The highest BCUT2D eigenvalue weighted by Crippen LogP contribution is 2.61. The molecular weight excluding hydrogens is 456 g/mol. The van der Waals surface area contributed by atoms with Crippen LogP contribution < -0.4 is 14.2 Å². The Morgan fingerprint density at radius 3 is 2.06 bits per heavy atom. The van der Waals surface area contributed by atoms with Gasteiger partial charge in [-0.3, -0.25) is 24.0 Å². The number of hydrogen-bond acceptors (Lipinski definition) is 9. The van der Waals surface area contributed by atoms with Gasteiger partial charge in [0.05, 0.1) is 11.0 Å². The van der Waals surface area contributed by atoms with Crippen LogP contribution in [0.5, 0.6) is 17.2 Å². The van der Waals surface area contributed by atoms with E-state index in [0.29, 0.717) is 12.8 Å². The summed E-state index contributed by atoms with van der Waals surface area (Å²) in [6, 6.07) is 0. The Hall–Kier alpha value is -3.23. The highest BCUT2D eigenvalue weighted by molar-refractivity contribution is 6.04. The maximum absolute atomic E-state index is 13.9. The van der Waals surface area contributed by atoms with Crippen LogP contribution in [-0.4, -0.2) is 35.3 Å². The van der Waals surface area contributed by atoms with Crippen LogP contribution in [0.15, 0.2) is 0 Å². The third-order valence-electron chi connectivity index (χ3n) is 7.42. The van der Waals surface area contributed by atoms with E-state index in [1.807, 2.05) is 6.92 Å². The molecule has 2 aliphatic carbocycles. The fraction of sp³-hybridized carbons (Fsp3) is 0.577. The average Bonchev–Trinajstić information content (AvgIpc) is 2.82. The van der Waals surface area contributed by atoms with Gasteiger partial charge < -0.3 is 18.9 Å². The number of fused-ring (bicyclic) bond motifs is 1. The first-order valence-corrected chi connectivity index (χ1v) is 11.9. The van der Waals surface area contributed by atoms with Crippen molar-refractivity contribution in [3.05, 3.63) is 16.7 Å². The molecule has 1 aromatic rings. The van der Waals surface area contributed by atoms with Crippen molar-refractivity contribution in [3.8, 4) is 17.2 Å². The van der Waals surface area contributed by atoms with E-state index in [1.165, 1.54) is 20.8 Å². The van der Waals surface area contributed by atoms with Gasteiger partial charge in [0.15, 0.2) is 17.3 Å². The lowest BCUT2D eigenvalue weighted by Crippen LogP contribution is -2.45. The molecule has 3 atom stereocenters. The summed E-state index contributed by atoms with van der Waals surface area (Å²) >= 11 is 0. The molecule has 0 aromatic heterocycles. The van der Waals surface area contributed by atoms with Gasteiger partial charge >= 0.3 is 23.9 Å². The minimum atomic E-state index is -0.986. The Morgan fingerprint density at radius 1 is 0.914 bits per heavy atom. The number of benzene rings is 1. The smallest absolute Gasteiger partial charge is 0.312 e. The van der Waals surface area contributed by atoms with Crippen molar-refractivity contribution in [1.82, 2.24) is 0 Å². The Morgan fingerprint density at radius 2 is 1.49 bits per heavy atom. The Bertz CT molecular complexity index is 1160. The molecule has 1 aromatic carbocycles. The van der Waals surface area contributed by atoms with E-state index in [9.17, 15) is 24.0 Å². The number of carbonyl (C=O) groups excluding carboxylic acids is 5. The van der Waals surface area contributed by atoms with Gasteiger partial charge in [-0.15, -0.1) is 0 Å². The van der Waals surface area contributed by atoms with Gasteiger partial charge in [-0.05, 0) is 32.1 Å². The first kappa shape index (κ1) is 24.9. The Balaban J connectivity index is 2.09. The lowest BCUT2D eigenvalue weighted by atomic mass is 9.61. The zero-order valence-electron chi connectivity index (χ0n) is 20.9. The molecule has 1 heterocycles. The first-order valence-electron chi connectivity index (χ1n) is 11.9. The number of hydrogen-bond donors (Lipinski definition) is 0. The molecule has 35 heavy (non-hydrogen) atoms. The zero-order chi connectivity index (χ0) is 25.9. The highest BCUT2D eigenvalue weighted by atomic mass is 16.6. The summed E-state index contributed by atoms with van der Waals surface area (Å²) in [5.41, 5.74) is -1.19. The fourth-order valence-electron chi connectivity index (χ4n) is 6.08. The van der Waals surface area contributed by atoms with Crippen LogP contribution in [-0.2, 0) is 30.3 Å². The van der Waals surface area contributed by atoms with Crippen LogP contribution in [0.25, 0.3) is 0 Å².